The summed E-state index contributed by atoms with van der Waals surface area (Å²) in [6.07, 6.45) is 1.19. The van der Waals surface area contributed by atoms with Crippen LogP contribution in [0.1, 0.15) is 13.3 Å². The minimum absolute atomic E-state index is 0.186. The van der Waals surface area contributed by atoms with Gasteiger partial charge in [0.25, 0.3) is 0 Å². The summed E-state index contributed by atoms with van der Waals surface area (Å²) in [6.45, 7) is 5.25. The number of nitrogens with zero attached hydrogens (tertiary/aromatic N) is 1. The number of ether oxygens (including phenoxy) is 1. The fourth-order valence-corrected chi connectivity index (χ4v) is 2.01. The number of nitrogens with one attached hydrogen (secondary N) is 1. The van der Waals surface area contributed by atoms with Crippen LogP contribution in [0.15, 0.2) is 11.1 Å². The van der Waals surface area contributed by atoms with Crippen LogP contribution in [0.2, 0.25) is 0 Å². The van der Waals surface area contributed by atoms with Crippen LogP contribution >= 0.6 is 0 Å². The molecule has 1 N–H and O–H groups in total. The van der Waals surface area contributed by atoms with Gasteiger partial charge in [0.05, 0.1) is 6.10 Å². The average molecular weight is 210 g/mol. The molecular formula is C11H18N2O2. The summed E-state index contributed by atoms with van der Waals surface area (Å²) in [5.41, 5.74) is 2.17. The van der Waals surface area contributed by atoms with E-state index in [0.717, 1.165) is 38.2 Å². The second-order valence-electron chi connectivity index (χ2n) is 4.23. The van der Waals surface area contributed by atoms with Crippen LogP contribution in [0.3, 0.4) is 0 Å². The van der Waals surface area contributed by atoms with Crippen molar-refractivity contribution in [3.63, 3.8) is 0 Å². The van der Waals surface area contributed by atoms with Gasteiger partial charge in [-0.25, -0.2) is 0 Å². The van der Waals surface area contributed by atoms with Gasteiger partial charge in [-0.2, -0.15) is 0 Å². The lowest BCUT2D eigenvalue weighted by molar-refractivity contribution is -0.126. The van der Waals surface area contributed by atoms with E-state index in [0.29, 0.717) is 0 Å². The first-order chi connectivity index (χ1) is 7.22. The number of carbonyl (C=O) groups excluding carboxylic acids is 1. The van der Waals surface area contributed by atoms with E-state index in [1.165, 1.54) is 5.57 Å². The van der Waals surface area contributed by atoms with Gasteiger partial charge >= 0.3 is 0 Å². The number of amides is 1. The van der Waals surface area contributed by atoms with Gasteiger partial charge in [-0.05, 0) is 18.9 Å². The molecule has 0 saturated carbocycles. The molecule has 0 aromatic rings. The number of hydrogen-bond acceptors (Lipinski definition) is 3. The largest absolute Gasteiger partial charge is 0.380 e. The molecule has 2 saturated heterocycles. The maximum atomic E-state index is 12.0. The molecule has 0 aromatic carbocycles. The van der Waals surface area contributed by atoms with Crippen LogP contribution in [0.5, 0.6) is 0 Å². The third-order valence-electron chi connectivity index (χ3n) is 3.29. The van der Waals surface area contributed by atoms with Gasteiger partial charge in [-0.1, -0.05) is 0 Å². The number of carbonyl (C=O) groups is 1. The molecule has 2 rings (SSSR count). The van der Waals surface area contributed by atoms with Crippen LogP contribution in [0, 0.1) is 0 Å². The molecule has 0 radical (unpaired) electrons. The third kappa shape index (κ3) is 2.06. The zero-order chi connectivity index (χ0) is 10.8. The Labute approximate surface area is 90.3 Å². The molecule has 4 heteroatoms. The van der Waals surface area contributed by atoms with E-state index in [4.69, 9.17) is 4.74 Å². The normalized spacial score (nSPS) is 25.3. The Morgan fingerprint density at radius 2 is 2.27 bits per heavy atom. The fourth-order valence-electron chi connectivity index (χ4n) is 2.01. The third-order valence-corrected chi connectivity index (χ3v) is 3.29. The van der Waals surface area contributed by atoms with E-state index in [9.17, 15) is 4.79 Å². The van der Waals surface area contributed by atoms with Crippen molar-refractivity contribution < 1.29 is 9.53 Å². The Hall–Kier alpha value is -0.870. The molecule has 1 atom stereocenters. The maximum absolute atomic E-state index is 12.0. The predicted molar refractivity (Wildman–Crippen MR) is 57.6 cm³/mol. The Balaban J connectivity index is 1.97. The molecule has 1 unspecified atom stereocenters. The molecule has 2 heterocycles. The highest BCUT2D eigenvalue weighted by Gasteiger charge is 2.28. The summed E-state index contributed by atoms with van der Waals surface area (Å²) < 4.78 is 5.25. The summed E-state index contributed by atoms with van der Waals surface area (Å²) in [4.78, 5) is 13.9. The molecule has 1 amide bonds. The van der Waals surface area contributed by atoms with Gasteiger partial charge in [0.1, 0.15) is 0 Å². The molecular weight excluding hydrogens is 192 g/mol. The van der Waals surface area contributed by atoms with Gasteiger partial charge < -0.3 is 15.0 Å². The first kappa shape index (κ1) is 10.6. The van der Waals surface area contributed by atoms with Crippen molar-refractivity contribution in [2.75, 3.05) is 33.3 Å². The van der Waals surface area contributed by atoms with Crippen molar-refractivity contribution in [3.05, 3.63) is 11.1 Å². The quantitative estimate of drug-likeness (QED) is 0.660. The molecule has 0 bridgehead atoms. The van der Waals surface area contributed by atoms with Crippen molar-refractivity contribution >= 4 is 5.91 Å². The molecule has 2 aliphatic heterocycles. The van der Waals surface area contributed by atoms with Crippen molar-refractivity contribution in [3.8, 4) is 0 Å². The predicted octanol–water partition coefficient (Wildman–Crippen LogP) is 0.153. The molecule has 84 valence electrons. The van der Waals surface area contributed by atoms with Crippen LogP contribution in [-0.2, 0) is 9.53 Å². The first-order valence-corrected chi connectivity index (χ1v) is 5.43. The lowest BCUT2D eigenvalue weighted by Gasteiger charge is -2.24. The van der Waals surface area contributed by atoms with E-state index in [1.54, 1.807) is 7.11 Å². The Bertz CT molecular complexity index is 293. The van der Waals surface area contributed by atoms with Gasteiger partial charge in [0.15, 0.2) is 0 Å². The molecule has 0 aromatic heterocycles. The van der Waals surface area contributed by atoms with Gasteiger partial charge in [-0.3, -0.25) is 4.79 Å². The van der Waals surface area contributed by atoms with Crippen molar-refractivity contribution in [2.45, 2.75) is 19.4 Å². The summed E-state index contributed by atoms with van der Waals surface area (Å²) in [7, 11) is 1.71. The summed E-state index contributed by atoms with van der Waals surface area (Å²) >= 11 is 0. The zero-order valence-corrected chi connectivity index (χ0v) is 9.38. The van der Waals surface area contributed by atoms with Crippen LogP contribution in [0.4, 0.5) is 0 Å². The SMILES string of the molecule is COC1CCN(C(=O)C(C)=C2CNC2)C1. The minimum Gasteiger partial charge on any atom is -0.380 e. The monoisotopic (exact) mass is 210 g/mol. The average Bonchev–Trinajstić information content (AvgIpc) is 2.61. The van der Waals surface area contributed by atoms with E-state index >= 15 is 0 Å². The molecule has 0 aliphatic carbocycles. The first-order valence-electron chi connectivity index (χ1n) is 5.43. The summed E-state index contributed by atoms with van der Waals surface area (Å²) in [5, 5.41) is 3.15. The topological polar surface area (TPSA) is 41.6 Å². The van der Waals surface area contributed by atoms with E-state index in [-0.39, 0.29) is 12.0 Å². The molecule has 2 aliphatic rings. The number of likely N-dealkylation sites (tertiary alicyclic amines) is 1. The van der Waals surface area contributed by atoms with Crippen molar-refractivity contribution in [2.24, 2.45) is 0 Å². The Morgan fingerprint density at radius 1 is 1.53 bits per heavy atom. The van der Waals surface area contributed by atoms with Gasteiger partial charge in [0.2, 0.25) is 5.91 Å². The highest BCUT2D eigenvalue weighted by atomic mass is 16.5. The van der Waals surface area contributed by atoms with E-state index < -0.39 is 0 Å². The Kier molecular flexibility index (Phi) is 3.07. The van der Waals surface area contributed by atoms with Crippen LogP contribution in [-0.4, -0.2) is 50.2 Å². The second kappa shape index (κ2) is 4.33. The minimum atomic E-state index is 0.186. The highest BCUT2D eigenvalue weighted by molar-refractivity contribution is 5.94. The van der Waals surface area contributed by atoms with Crippen molar-refractivity contribution in [1.29, 1.82) is 0 Å². The molecule has 4 nitrogen and oxygen atoms in total. The standard InChI is InChI=1S/C11H18N2O2/c1-8(9-5-12-6-9)11(14)13-4-3-10(7-13)15-2/h10,12H,3-7H2,1-2H3. The molecule has 15 heavy (non-hydrogen) atoms. The van der Waals surface area contributed by atoms with Crippen molar-refractivity contribution in [1.82, 2.24) is 10.2 Å². The summed E-state index contributed by atoms with van der Waals surface area (Å²) in [5.74, 6) is 0.186. The second-order valence-corrected chi connectivity index (χ2v) is 4.23. The smallest absolute Gasteiger partial charge is 0.249 e. The lowest BCUT2D eigenvalue weighted by atomic mass is 10.0. The number of rotatable bonds is 2. The number of hydrogen-bond donors (Lipinski definition) is 1. The fraction of sp³-hybridized carbons (Fsp3) is 0.727. The lowest BCUT2D eigenvalue weighted by Crippen LogP contribution is -2.38. The van der Waals surface area contributed by atoms with Crippen LogP contribution in [0.25, 0.3) is 0 Å². The maximum Gasteiger partial charge on any atom is 0.249 e. The number of methoxy groups -OCH3 is 1. The van der Waals surface area contributed by atoms with Crippen LogP contribution < -0.4 is 5.32 Å². The van der Waals surface area contributed by atoms with E-state index in [2.05, 4.69) is 5.32 Å². The Morgan fingerprint density at radius 3 is 2.73 bits per heavy atom. The molecule has 2 fully saturated rings. The van der Waals surface area contributed by atoms with Gasteiger partial charge in [-0.15, -0.1) is 0 Å². The zero-order valence-electron chi connectivity index (χ0n) is 9.38. The molecule has 0 spiro atoms. The van der Waals surface area contributed by atoms with E-state index in [1.807, 2.05) is 11.8 Å². The van der Waals surface area contributed by atoms with Gasteiger partial charge in [0, 0.05) is 38.9 Å². The summed E-state index contributed by atoms with van der Waals surface area (Å²) in [6, 6.07) is 0. The highest BCUT2D eigenvalue weighted by Crippen LogP contribution is 2.17.